The fourth-order valence-corrected chi connectivity index (χ4v) is 3.39. The number of rotatable bonds is 8. The van der Waals surface area contributed by atoms with Crippen LogP contribution in [0, 0.1) is 0 Å². The molecule has 6 nitrogen and oxygen atoms in total. The minimum atomic E-state index is -4.54. The summed E-state index contributed by atoms with van der Waals surface area (Å²) in [5.74, 6) is -1.70. The number of carbonyl (C=O) groups excluding carboxylic acids is 1. The number of carboxylic acid groups (broad SMARTS) is 1. The summed E-state index contributed by atoms with van der Waals surface area (Å²) in [5.41, 5.74) is 1.25. The summed E-state index contributed by atoms with van der Waals surface area (Å²) in [6, 6.07) is 13.5. The molecule has 0 saturated heterocycles. The second-order valence-corrected chi connectivity index (χ2v) is 7.03. The largest absolute Gasteiger partial charge is 0.496 e. The van der Waals surface area contributed by atoms with E-state index in [1.54, 1.807) is 48.5 Å². The Bertz CT molecular complexity index is 1060. The van der Waals surface area contributed by atoms with Gasteiger partial charge in [-0.2, -0.15) is 13.2 Å². The van der Waals surface area contributed by atoms with Crippen molar-refractivity contribution in [3.05, 3.63) is 65.9 Å². The lowest BCUT2D eigenvalue weighted by atomic mass is 10.1. The highest BCUT2D eigenvalue weighted by atomic mass is 19.4. The van der Waals surface area contributed by atoms with Crippen molar-refractivity contribution in [3.8, 4) is 5.75 Å². The average molecular weight is 434 g/mol. The SMILES string of the molecule is COc1cccc2[nH]c(C(=O)N(Cc3ccccc3)C(CCC(F)(F)F)C(=O)O)cc12. The van der Waals surface area contributed by atoms with Gasteiger partial charge in [0, 0.05) is 23.9 Å². The molecular weight excluding hydrogens is 413 g/mol. The standard InChI is InChI=1S/C22H21F3N2O4/c1-31-19-9-5-8-16-15(19)12-17(26-16)20(28)27(13-14-6-3-2-4-7-14)18(21(29)30)10-11-22(23,24)25/h2-9,12,18,26H,10-11,13H2,1H3,(H,29,30). The Morgan fingerprint density at radius 1 is 1.13 bits per heavy atom. The maximum absolute atomic E-state index is 13.3. The second-order valence-electron chi connectivity index (χ2n) is 7.03. The molecular formula is C22H21F3N2O4. The van der Waals surface area contributed by atoms with E-state index in [-0.39, 0.29) is 12.2 Å². The zero-order chi connectivity index (χ0) is 22.6. The summed E-state index contributed by atoms with van der Waals surface area (Å²) < 4.78 is 43.7. The van der Waals surface area contributed by atoms with E-state index >= 15 is 0 Å². The van der Waals surface area contributed by atoms with Gasteiger partial charge in [-0.25, -0.2) is 4.79 Å². The van der Waals surface area contributed by atoms with Crippen molar-refractivity contribution in [1.82, 2.24) is 9.88 Å². The number of carbonyl (C=O) groups is 2. The van der Waals surface area contributed by atoms with Crippen LogP contribution < -0.4 is 4.74 Å². The number of amides is 1. The Morgan fingerprint density at radius 3 is 2.45 bits per heavy atom. The quantitative estimate of drug-likeness (QED) is 0.542. The van der Waals surface area contributed by atoms with E-state index < -0.39 is 36.9 Å². The van der Waals surface area contributed by atoms with E-state index in [2.05, 4.69) is 4.98 Å². The molecule has 0 aliphatic heterocycles. The maximum Gasteiger partial charge on any atom is 0.389 e. The first-order chi connectivity index (χ1) is 14.7. The van der Waals surface area contributed by atoms with Crippen LogP contribution in [0.3, 0.4) is 0 Å². The van der Waals surface area contributed by atoms with Crippen molar-refractivity contribution in [2.24, 2.45) is 0 Å². The van der Waals surface area contributed by atoms with Crippen LogP contribution in [0.2, 0.25) is 0 Å². The van der Waals surface area contributed by atoms with Gasteiger partial charge in [0.05, 0.1) is 7.11 Å². The van der Waals surface area contributed by atoms with Crippen LogP contribution in [0.15, 0.2) is 54.6 Å². The molecule has 2 N–H and O–H groups in total. The van der Waals surface area contributed by atoms with Crippen LogP contribution in [0.4, 0.5) is 13.2 Å². The summed E-state index contributed by atoms with van der Waals surface area (Å²) in [5, 5.41) is 10.3. The number of hydrogen-bond donors (Lipinski definition) is 2. The van der Waals surface area contributed by atoms with Gasteiger partial charge < -0.3 is 19.7 Å². The summed E-state index contributed by atoms with van der Waals surface area (Å²) in [4.78, 5) is 29.0. The molecule has 1 amide bonds. The van der Waals surface area contributed by atoms with E-state index in [0.717, 1.165) is 4.90 Å². The number of H-pyrrole nitrogens is 1. The minimum absolute atomic E-state index is 0.0636. The van der Waals surface area contributed by atoms with Gasteiger partial charge in [0.1, 0.15) is 17.5 Å². The van der Waals surface area contributed by atoms with Gasteiger partial charge in [-0.05, 0) is 30.2 Å². The highest BCUT2D eigenvalue weighted by Crippen LogP contribution is 2.29. The smallest absolute Gasteiger partial charge is 0.389 e. The van der Waals surface area contributed by atoms with Crippen molar-refractivity contribution < 1.29 is 32.6 Å². The first-order valence-electron chi connectivity index (χ1n) is 9.50. The number of ether oxygens (including phenoxy) is 1. The molecule has 1 aromatic heterocycles. The summed E-state index contributed by atoms with van der Waals surface area (Å²) >= 11 is 0. The number of nitrogens with one attached hydrogen (secondary N) is 1. The number of halogens is 3. The third kappa shape index (κ3) is 5.36. The molecule has 31 heavy (non-hydrogen) atoms. The molecule has 0 fully saturated rings. The highest BCUT2D eigenvalue weighted by Gasteiger charge is 2.36. The summed E-state index contributed by atoms with van der Waals surface area (Å²) in [6.07, 6.45) is -6.60. The van der Waals surface area contributed by atoms with Crippen LogP contribution in [-0.2, 0) is 11.3 Å². The molecule has 0 aliphatic carbocycles. The fraction of sp³-hybridized carbons (Fsp3) is 0.273. The number of hydrogen-bond acceptors (Lipinski definition) is 3. The van der Waals surface area contributed by atoms with Crippen molar-refractivity contribution >= 4 is 22.8 Å². The number of alkyl halides is 3. The van der Waals surface area contributed by atoms with Gasteiger partial charge in [-0.3, -0.25) is 4.79 Å². The number of aliphatic carboxylic acids is 1. The third-order valence-corrected chi connectivity index (χ3v) is 4.89. The zero-order valence-corrected chi connectivity index (χ0v) is 16.6. The predicted octanol–water partition coefficient (Wildman–Crippen LogP) is 4.61. The maximum atomic E-state index is 13.3. The van der Waals surface area contributed by atoms with Gasteiger partial charge in [0.15, 0.2) is 0 Å². The van der Waals surface area contributed by atoms with Crippen LogP contribution >= 0.6 is 0 Å². The molecule has 1 atom stereocenters. The summed E-state index contributed by atoms with van der Waals surface area (Å²) in [6.45, 7) is -0.152. The lowest BCUT2D eigenvalue weighted by Crippen LogP contribution is -2.45. The number of carboxylic acids is 1. The van der Waals surface area contributed by atoms with Crippen LogP contribution in [-0.4, -0.2) is 46.2 Å². The Balaban J connectivity index is 2.00. The van der Waals surface area contributed by atoms with Crippen LogP contribution in [0.1, 0.15) is 28.9 Å². The molecule has 3 aromatic rings. The minimum Gasteiger partial charge on any atom is -0.496 e. The first-order valence-corrected chi connectivity index (χ1v) is 9.50. The number of aromatic nitrogens is 1. The fourth-order valence-electron chi connectivity index (χ4n) is 3.39. The van der Waals surface area contributed by atoms with Crippen molar-refractivity contribution in [2.75, 3.05) is 7.11 Å². The van der Waals surface area contributed by atoms with Gasteiger partial charge in [-0.1, -0.05) is 36.4 Å². The number of aromatic amines is 1. The van der Waals surface area contributed by atoms with Crippen molar-refractivity contribution in [2.45, 2.75) is 31.6 Å². The lowest BCUT2D eigenvalue weighted by Gasteiger charge is -2.29. The summed E-state index contributed by atoms with van der Waals surface area (Å²) in [7, 11) is 1.47. The molecule has 1 heterocycles. The molecule has 0 aliphatic rings. The van der Waals surface area contributed by atoms with Gasteiger partial charge in [-0.15, -0.1) is 0 Å². The molecule has 2 aromatic carbocycles. The molecule has 3 rings (SSSR count). The van der Waals surface area contributed by atoms with Gasteiger partial charge in [0.25, 0.3) is 5.91 Å². The number of fused-ring (bicyclic) bond motifs is 1. The lowest BCUT2D eigenvalue weighted by molar-refractivity contribution is -0.149. The molecule has 0 spiro atoms. The van der Waals surface area contributed by atoms with Crippen LogP contribution in [0.5, 0.6) is 5.75 Å². The molecule has 0 bridgehead atoms. The van der Waals surface area contributed by atoms with E-state index in [4.69, 9.17) is 4.74 Å². The average Bonchev–Trinajstić information content (AvgIpc) is 3.16. The second kappa shape index (κ2) is 9.11. The molecule has 0 saturated carbocycles. The molecule has 1 unspecified atom stereocenters. The van der Waals surface area contributed by atoms with E-state index in [0.29, 0.717) is 22.2 Å². The van der Waals surface area contributed by atoms with Crippen molar-refractivity contribution in [1.29, 1.82) is 0 Å². The number of nitrogens with zero attached hydrogens (tertiary/aromatic N) is 1. The molecule has 164 valence electrons. The Morgan fingerprint density at radius 2 is 1.84 bits per heavy atom. The predicted molar refractivity (Wildman–Crippen MR) is 108 cm³/mol. The monoisotopic (exact) mass is 434 g/mol. The van der Waals surface area contributed by atoms with E-state index in [1.807, 2.05) is 0 Å². The van der Waals surface area contributed by atoms with Crippen LogP contribution in [0.25, 0.3) is 10.9 Å². The topological polar surface area (TPSA) is 82.6 Å². The Hall–Kier alpha value is -3.49. The van der Waals surface area contributed by atoms with E-state index in [1.165, 1.54) is 13.2 Å². The van der Waals surface area contributed by atoms with Crippen molar-refractivity contribution in [3.63, 3.8) is 0 Å². The van der Waals surface area contributed by atoms with E-state index in [9.17, 15) is 27.9 Å². The Labute approximate surface area is 176 Å². The Kier molecular flexibility index (Phi) is 6.53. The number of benzene rings is 2. The third-order valence-electron chi connectivity index (χ3n) is 4.89. The van der Waals surface area contributed by atoms with Gasteiger partial charge >= 0.3 is 12.1 Å². The zero-order valence-electron chi connectivity index (χ0n) is 16.6. The van der Waals surface area contributed by atoms with Gasteiger partial charge in [0.2, 0.25) is 0 Å². The number of methoxy groups -OCH3 is 1. The first kappa shape index (κ1) is 22.2. The highest BCUT2D eigenvalue weighted by molar-refractivity contribution is 6.01. The molecule has 0 radical (unpaired) electrons. The molecule has 9 heteroatoms. The normalized spacial score (nSPS) is 12.5.